The number of rotatable bonds is 5. The van der Waals surface area contributed by atoms with Crippen LogP contribution in [0.4, 0.5) is 0 Å². The molecule has 0 radical (unpaired) electrons. The lowest BCUT2D eigenvalue weighted by Crippen LogP contribution is -2.28. The maximum Gasteiger partial charge on any atom is 0.308 e. The summed E-state index contributed by atoms with van der Waals surface area (Å²) in [6, 6.07) is 5.31. The van der Waals surface area contributed by atoms with E-state index in [9.17, 15) is 9.59 Å². The van der Waals surface area contributed by atoms with E-state index in [0.717, 1.165) is 5.56 Å². The molecule has 118 valence electrons. The zero-order chi connectivity index (χ0) is 16.1. The topological polar surface area (TPSA) is 76.1 Å². The number of hydrogen-bond acceptors (Lipinski definition) is 4. The molecule has 1 unspecified atom stereocenters. The molecule has 1 saturated heterocycles. The summed E-state index contributed by atoms with van der Waals surface area (Å²) in [6.45, 7) is 0.734. The van der Waals surface area contributed by atoms with Crippen LogP contribution in [0.5, 0.6) is 11.5 Å². The molecule has 1 aromatic rings. The minimum Gasteiger partial charge on any atom is -0.497 e. The SMILES string of the molecule is COc1ccc(C=CC(=O)N2CCC(C(=O)O)C2)c(OC)c1. The third-order valence-electron chi connectivity index (χ3n) is 3.70. The molecular formula is C16H19NO5. The van der Waals surface area contributed by atoms with Crippen LogP contribution in [0.2, 0.25) is 0 Å². The zero-order valence-electron chi connectivity index (χ0n) is 12.6. The Bertz CT molecular complexity index is 596. The van der Waals surface area contributed by atoms with Crippen LogP contribution in [0, 0.1) is 5.92 Å². The van der Waals surface area contributed by atoms with Crippen LogP contribution in [0.1, 0.15) is 12.0 Å². The highest BCUT2D eigenvalue weighted by molar-refractivity contribution is 5.92. The van der Waals surface area contributed by atoms with Gasteiger partial charge in [0.15, 0.2) is 0 Å². The minimum absolute atomic E-state index is 0.193. The normalized spacial score (nSPS) is 17.7. The summed E-state index contributed by atoms with van der Waals surface area (Å²) in [5.41, 5.74) is 0.755. The lowest BCUT2D eigenvalue weighted by atomic mass is 10.1. The first kappa shape index (κ1) is 15.9. The molecule has 1 heterocycles. The van der Waals surface area contributed by atoms with Crippen molar-refractivity contribution in [2.45, 2.75) is 6.42 Å². The number of carboxylic acid groups (broad SMARTS) is 1. The molecule has 0 saturated carbocycles. The van der Waals surface area contributed by atoms with E-state index >= 15 is 0 Å². The Kier molecular flexibility index (Phi) is 5.04. The monoisotopic (exact) mass is 305 g/mol. The smallest absolute Gasteiger partial charge is 0.308 e. The molecule has 1 aromatic carbocycles. The Hall–Kier alpha value is -2.50. The number of aliphatic carboxylic acids is 1. The summed E-state index contributed by atoms with van der Waals surface area (Å²) in [5.74, 6) is -0.233. The van der Waals surface area contributed by atoms with Crippen molar-refractivity contribution in [3.05, 3.63) is 29.8 Å². The van der Waals surface area contributed by atoms with Crippen molar-refractivity contribution in [1.29, 1.82) is 0 Å². The Labute approximate surface area is 128 Å². The second kappa shape index (κ2) is 6.98. The van der Waals surface area contributed by atoms with Crippen molar-refractivity contribution in [1.82, 2.24) is 4.90 Å². The second-order valence-electron chi connectivity index (χ2n) is 5.05. The van der Waals surface area contributed by atoms with E-state index in [2.05, 4.69) is 0 Å². The molecule has 1 atom stereocenters. The van der Waals surface area contributed by atoms with Gasteiger partial charge < -0.3 is 19.5 Å². The van der Waals surface area contributed by atoms with Crippen LogP contribution in [-0.2, 0) is 9.59 Å². The average Bonchev–Trinajstić information content (AvgIpc) is 3.02. The van der Waals surface area contributed by atoms with Crippen LogP contribution in [0.3, 0.4) is 0 Å². The number of amides is 1. The number of nitrogens with zero attached hydrogens (tertiary/aromatic N) is 1. The third-order valence-corrected chi connectivity index (χ3v) is 3.70. The van der Waals surface area contributed by atoms with Gasteiger partial charge in [-0.2, -0.15) is 0 Å². The summed E-state index contributed by atoms with van der Waals surface area (Å²) in [6.07, 6.45) is 3.60. The molecule has 0 spiro atoms. The number of carbonyl (C=O) groups is 2. The van der Waals surface area contributed by atoms with Gasteiger partial charge in [0.1, 0.15) is 11.5 Å². The van der Waals surface area contributed by atoms with E-state index in [-0.39, 0.29) is 12.5 Å². The minimum atomic E-state index is -0.851. The van der Waals surface area contributed by atoms with Gasteiger partial charge in [0, 0.05) is 30.8 Å². The highest BCUT2D eigenvalue weighted by Crippen LogP contribution is 2.26. The average molecular weight is 305 g/mol. The van der Waals surface area contributed by atoms with E-state index < -0.39 is 11.9 Å². The van der Waals surface area contributed by atoms with Crippen LogP contribution < -0.4 is 9.47 Å². The molecule has 6 nitrogen and oxygen atoms in total. The first-order chi connectivity index (χ1) is 10.5. The van der Waals surface area contributed by atoms with Gasteiger partial charge >= 0.3 is 5.97 Å². The van der Waals surface area contributed by atoms with E-state index in [4.69, 9.17) is 14.6 Å². The maximum absolute atomic E-state index is 12.1. The van der Waals surface area contributed by atoms with Crippen LogP contribution in [0.15, 0.2) is 24.3 Å². The fraction of sp³-hybridized carbons (Fsp3) is 0.375. The number of carbonyl (C=O) groups excluding carboxylic acids is 1. The molecule has 0 aromatic heterocycles. The quantitative estimate of drug-likeness (QED) is 0.837. The number of likely N-dealkylation sites (tertiary alicyclic amines) is 1. The van der Waals surface area contributed by atoms with E-state index in [1.807, 2.05) is 0 Å². The molecule has 2 rings (SSSR count). The van der Waals surface area contributed by atoms with Gasteiger partial charge in [-0.05, 0) is 24.6 Å². The Balaban J connectivity index is 2.05. The lowest BCUT2D eigenvalue weighted by molar-refractivity contribution is -0.141. The number of methoxy groups -OCH3 is 2. The summed E-state index contributed by atoms with van der Waals surface area (Å²) < 4.78 is 10.4. The second-order valence-corrected chi connectivity index (χ2v) is 5.05. The summed E-state index contributed by atoms with van der Waals surface area (Å²) in [7, 11) is 3.12. The number of carboxylic acids is 1. The van der Waals surface area contributed by atoms with Gasteiger partial charge in [0.25, 0.3) is 0 Å². The molecule has 1 aliphatic rings. The van der Waals surface area contributed by atoms with Gasteiger partial charge in [-0.15, -0.1) is 0 Å². The van der Waals surface area contributed by atoms with Crippen molar-refractivity contribution in [2.75, 3.05) is 27.3 Å². The van der Waals surface area contributed by atoms with Gasteiger partial charge in [0.05, 0.1) is 20.1 Å². The van der Waals surface area contributed by atoms with E-state index in [1.54, 1.807) is 43.4 Å². The fourth-order valence-corrected chi connectivity index (χ4v) is 2.38. The van der Waals surface area contributed by atoms with Crippen molar-refractivity contribution < 1.29 is 24.2 Å². The van der Waals surface area contributed by atoms with Gasteiger partial charge in [0.2, 0.25) is 5.91 Å². The highest BCUT2D eigenvalue weighted by atomic mass is 16.5. The molecule has 1 aliphatic heterocycles. The van der Waals surface area contributed by atoms with E-state index in [0.29, 0.717) is 24.5 Å². The maximum atomic E-state index is 12.1. The van der Waals surface area contributed by atoms with Gasteiger partial charge in [-0.3, -0.25) is 9.59 Å². The van der Waals surface area contributed by atoms with Crippen LogP contribution >= 0.6 is 0 Å². The lowest BCUT2D eigenvalue weighted by Gasteiger charge is -2.13. The van der Waals surface area contributed by atoms with Crippen molar-refractivity contribution >= 4 is 18.0 Å². The van der Waals surface area contributed by atoms with Gasteiger partial charge in [-0.25, -0.2) is 0 Å². The Morgan fingerprint density at radius 1 is 1.32 bits per heavy atom. The van der Waals surface area contributed by atoms with Crippen molar-refractivity contribution in [3.63, 3.8) is 0 Å². The van der Waals surface area contributed by atoms with Crippen LogP contribution in [-0.4, -0.2) is 49.2 Å². The van der Waals surface area contributed by atoms with Crippen molar-refractivity contribution in [3.8, 4) is 11.5 Å². The Morgan fingerprint density at radius 3 is 2.68 bits per heavy atom. The van der Waals surface area contributed by atoms with Crippen molar-refractivity contribution in [2.24, 2.45) is 5.92 Å². The largest absolute Gasteiger partial charge is 0.497 e. The zero-order valence-corrected chi connectivity index (χ0v) is 12.6. The molecular weight excluding hydrogens is 286 g/mol. The first-order valence-corrected chi connectivity index (χ1v) is 6.97. The number of benzene rings is 1. The number of ether oxygens (including phenoxy) is 2. The molecule has 6 heteroatoms. The summed E-state index contributed by atoms with van der Waals surface area (Å²) >= 11 is 0. The summed E-state index contributed by atoms with van der Waals surface area (Å²) in [5, 5.41) is 8.95. The molecule has 1 amide bonds. The first-order valence-electron chi connectivity index (χ1n) is 6.97. The fourth-order valence-electron chi connectivity index (χ4n) is 2.38. The third kappa shape index (κ3) is 3.58. The van der Waals surface area contributed by atoms with Crippen LogP contribution in [0.25, 0.3) is 6.08 Å². The van der Waals surface area contributed by atoms with E-state index in [1.165, 1.54) is 6.08 Å². The molecule has 1 fully saturated rings. The predicted octanol–water partition coefficient (Wildman–Crippen LogP) is 1.65. The standard InChI is InChI=1S/C16H19NO5/c1-21-13-5-3-11(14(9-13)22-2)4-6-15(18)17-8-7-12(10-17)16(19)20/h3-6,9,12H,7-8,10H2,1-2H3,(H,19,20). The molecule has 0 bridgehead atoms. The molecule has 22 heavy (non-hydrogen) atoms. The number of hydrogen-bond donors (Lipinski definition) is 1. The molecule has 1 N–H and O–H groups in total. The predicted molar refractivity (Wildman–Crippen MR) is 80.9 cm³/mol. The molecule has 0 aliphatic carbocycles. The highest BCUT2D eigenvalue weighted by Gasteiger charge is 2.29. The Morgan fingerprint density at radius 2 is 2.09 bits per heavy atom. The van der Waals surface area contributed by atoms with Gasteiger partial charge in [-0.1, -0.05) is 0 Å². The summed E-state index contributed by atoms with van der Waals surface area (Å²) in [4.78, 5) is 24.5.